The molecule has 1 aromatic carbocycles. The highest BCUT2D eigenvalue weighted by Crippen LogP contribution is 2.30. The molecule has 4 nitrogen and oxygen atoms in total. The fourth-order valence-corrected chi connectivity index (χ4v) is 3.06. The molecule has 0 spiro atoms. The van der Waals surface area contributed by atoms with Crippen LogP contribution in [0.4, 0.5) is 5.69 Å². The van der Waals surface area contributed by atoms with Gasteiger partial charge in [-0.25, -0.2) is 0 Å². The third-order valence-corrected chi connectivity index (χ3v) is 4.12. The van der Waals surface area contributed by atoms with Crippen LogP contribution in [0, 0.1) is 11.3 Å². The number of benzene rings is 1. The highest BCUT2D eigenvalue weighted by atomic mass is 36.0. The second-order valence-corrected chi connectivity index (χ2v) is 8.15. The van der Waals surface area contributed by atoms with Gasteiger partial charge in [0.25, 0.3) is 0 Å². The van der Waals surface area contributed by atoms with E-state index >= 15 is 0 Å². The predicted molar refractivity (Wildman–Crippen MR) is 97.3 cm³/mol. The minimum Gasteiger partial charge on any atom is -0.582 e. The topological polar surface area (TPSA) is 70.3 Å². The van der Waals surface area contributed by atoms with E-state index in [2.05, 4.69) is 39.3 Å². The number of aliphatic hydroxyl groups excluding tert-OH is 1. The molecule has 0 radical (unpaired) electrons. The monoisotopic (exact) mass is 396 g/mol. The van der Waals surface area contributed by atoms with Crippen molar-refractivity contribution < 1.29 is 9.66 Å². The summed E-state index contributed by atoms with van der Waals surface area (Å²) >= 11 is 6.10. The summed E-state index contributed by atoms with van der Waals surface area (Å²) in [6, 6.07) is 7.99. The highest BCUT2D eigenvalue weighted by molar-refractivity contribution is 8.31. The van der Waals surface area contributed by atoms with Gasteiger partial charge in [-0.15, -0.1) is 0 Å². The number of anilines is 1. The molecule has 2 rings (SSSR count). The summed E-state index contributed by atoms with van der Waals surface area (Å²) in [6.45, 7) is 2.98. The largest absolute Gasteiger partial charge is 0.582 e. The van der Waals surface area contributed by atoms with E-state index < -0.39 is 9.60 Å². The number of hydrogen-bond donors (Lipinski definition) is 1. The lowest BCUT2D eigenvalue weighted by Crippen LogP contribution is -2.40. The van der Waals surface area contributed by atoms with Crippen molar-refractivity contribution >= 4 is 48.3 Å². The number of halogens is 3. The SMILES string of the molecule is CCN(c1ccc(C#N)c(Cl)c1)C1CCCC(O)C1.[O-][S+](Cl)Cl. The van der Waals surface area contributed by atoms with Crippen LogP contribution in [-0.2, 0) is 9.60 Å². The molecule has 0 bridgehead atoms. The number of nitriles is 1. The van der Waals surface area contributed by atoms with E-state index in [0.717, 1.165) is 37.9 Å². The summed E-state index contributed by atoms with van der Waals surface area (Å²) < 4.78 is 9.09. The molecule has 1 aromatic rings. The molecule has 128 valence electrons. The zero-order chi connectivity index (χ0) is 17.4. The van der Waals surface area contributed by atoms with Crippen molar-refractivity contribution in [2.75, 3.05) is 11.4 Å². The van der Waals surface area contributed by atoms with Gasteiger partial charge < -0.3 is 14.6 Å². The van der Waals surface area contributed by atoms with Gasteiger partial charge in [0.1, 0.15) is 6.07 Å². The van der Waals surface area contributed by atoms with Gasteiger partial charge in [0, 0.05) is 18.3 Å². The number of nitrogens with zero attached hydrogens (tertiary/aromatic N) is 2. The Hall–Kier alpha value is -0.350. The lowest BCUT2D eigenvalue weighted by Gasteiger charge is -2.37. The van der Waals surface area contributed by atoms with Crippen molar-refractivity contribution in [3.05, 3.63) is 28.8 Å². The Morgan fingerprint density at radius 3 is 2.57 bits per heavy atom. The van der Waals surface area contributed by atoms with Crippen LogP contribution >= 0.6 is 33.0 Å². The van der Waals surface area contributed by atoms with Gasteiger partial charge in [-0.1, -0.05) is 11.6 Å². The van der Waals surface area contributed by atoms with Crippen LogP contribution in [0.25, 0.3) is 0 Å². The average molecular weight is 398 g/mol. The number of rotatable bonds is 3. The van der Waals surface area contributed by atoms with Crippen LogP contribution in [-0.4, -0.2) is 28.3 Å². The van der Waals surface area contributed by atoms with Gasteiger partial charge in [-0.05, 0) is 50.8 Å². The van der Waals surface area contributed by atoms with Crippen molar-refractivity contribution in [1.29, 1.82) is 5.26 Å². The Balaban J connectivity index is 0.000000593. The lowest BCUT2D eigenvalue weighted by atomic mass is 9.91. The van der Waals surface area contributed by atoms with Crippen LogP contribution < -0.4 is 4.90 Å². The van der Waals surface area contributed by atoms with E-state index in [1.54, 1.807) is 6.07 Å². The minimum atomic E-state index is -1.67. The summed E-state index contributed by atoms with van der Waals surface area (Å²) in [5.74, 6) is 0. The van der Waals surface area contributed by atoms with E-state index in [4.69, 9.17) is 21.4 Å². The minimum absolute atomic E-state index is 0.193. The Morgan fingerprint density at radius 1 is 1.43 bits per heavy atom. The summed E-state index contributed by atoms with van der Waals surface area (Å²) in [7, 11) is 7.36. The van der Waals surface area contributed by atoms with Crippen molar-refractivity contribution in [2.24, 2.45) is 0 Å². The van der Waals surface area contributed by atoms with E-state index in [9.17, 15) is 5.11 Å². The molecule has 0 saturated heterocycles. The highest BCUT2D eigenvalue weighted by Gasteiger charge is 2.25. The molecular weight excluding hydrogens is 379 g/mol. The van der Waals surface area contributed by atoms with E-state index in [1.807, 2.05) is 12.1 Å². The van der Waals surface area contributed by atoms with E-state index in [0.29, 0.717) is 16.6 Å². The molecule has 2 unspecified atom stereocenters. The van der Waals surface area contributed by atoms with Crippen molar-refractivity contribution in [2.45, 2.75) is 44.8 Å². The maximum absolute atomic E-state index is 9.81. The van der Waals surface area contributed by atoms with E-state index in [1.165, 1.54) is 0 Å². The molecule has 1 fully saturated rings. The molecule has 0 aliphatic heterocycles. The zero-order valence-electron chi connectivity index (χ0n) is 12.7. The molecule has 0 aromatic heterocycles. The van der Waals surface area contributed by atoms with Crippen LogP contribution in [0.15, 0.2) is 18.2 Å². The van der Waals surface area contributed by atoms with Crippen molar-refractivity contribution in [3.8, 4) is 6.07 Å². The summed E-state index contributed by atoms with van der Waals surface area (Å²) in [6.07, 6.45) is 3.68. The van der Waals surface area contributed by atoms with Gasteiger partial charge in [-0.2, -0.15) is 5.26 Å². The van der Waals surface area contributed by atoms with Gasteiger partial charge in [0.15, 0.2) is 31.0 Å². The smallest absolute Gasteiger partial charge is 0.198 e. The Kier molecular flexibility index (Phi) is 9.45. The first-order valence-electron chi connectivity index (χ1n) is 7.27. The van der Waals surface area contributed by atoms with Crippen molar-refractivity contribution in [3.63, 3.8) is 0 Å². The standard InChI is InChI=1S/C15H19ClN2O.Cl2OS/c1-2-18(12-4-3-5-14(19)8-12)13-7-6-11(10-17)15(16)9-13;1-4(2)3/h6-7,9,12,14,19H,2-5,8H2,1H3;. The normalized spacial score (nSPS) is 20.4. The summed E-state index contributed by atoms with van der Waals surface area (Å²) in [5, 5.41) is 19.2. The molecule has 23 heavy (non-hydrogen) atoms. The van der Waals surface area contributed by atoms with Crippen LogP contribution in [0.5, 0.6) is 0 Å². The first kappa shape index (κ1) is 20.7. The third kappa shape index (κ3) is 6.96. The molecule has 1 N–H and O–H groups in total. The summed E-state index contributed by atoms with van der Waals surface area (Å²) in [5.41, 5.74) is 1.54. The second-order valence-electron chi connectivity index (χ2n) is 5.22. The molecule has 1 aliphatic carbocycles. The molecule has 0 heterocycles. The predicted octanol–water partition coefficient (Wildman–Crippen LogP) is 4.38. The molecule has 8 heteroatoms. The van der Waals surface area contributed by atoms with Crippen molar-refractivity contribution in [1.82, 2.24) is 0 Å². The fourth-order valence-electron chi connectivity index (χ4n) is 2.85. The Morgan fingerprint density at radius 2 is 2.09 bits per heavy atom. The molecule has 1 saturated carbocycles. The number of hydrogen-bond acceptors (Lipinski definition) is 4. The quantitative estimate of drug-likeness (QED) is 0.768. The first-order valence-corrected chi connectivity index (χ1v) is 10.5. The van der Waals surface area contributed by atoms with Crippen LogP contribution in [0.3, 0.4) is 0 Å². The van der Waals surface area contributed by atoms with Crippen LogP contribution in [0.2, 0.25) is 5.02 Å². The first-order chi connectivity index (χ1) is 10.9. The lowest BCUT2D eigenvalue weighted by molar-refractivity contribution is 0.118. The molecular formula is C15H19Cl3N2O2S. The molecule has 2 atom stereocenters. The summed E-state index contributed by atoms with van der Waals surface area (Å²) in [4.78, 5) is 2.27. The van der Waals surface area contributed by atoms with Crippen LogP contribution in [0.1, 0.15) is 38.2 Å². The zero-order valence-corrected chi connectivity index (χ0v) is 15.8. The van der Waals surface area contributed by atoms with Gasteiger partial charge in [-0.3, -0.25) is 0 Å². The second kappa shape index (κ2) is 10.5. The van der Waals surface area contributed by atoms with Gasteiger partial charge in [0.2, 0.25) is 0 Å². The Labute approximate surface area is 154 Å². The maximum Gasteiger partial charge on any atom is 0.198 e. The van der Waals surface area contributed by atoms with E-state index in [-0.39, 0.29) is 6.10 Å². The molecule has 1 aliphatic rings. The maximum atomic E-state index is 9.81. The fraction of sp³-hybridized carbons (Fsp3) is 0.533. The average Bonchev–Trinajstić information content (AvgIpc) is 2.48. The molecule has 0 amide bonds. The number of aliphatic hydroxyl groups is 1. The third-order valence-electron chi connectivity index (χ3n) is 3.81. The van der Waals surface area contributed by atoms with Gasteiger partial charge >= 0.3 is 0 Å². The van der Waals surface area contributed by atoms with Gasteiger partial charge in [0.05, 0.1) is 16.7 Å². The Bertz CT molecular complexity index is 537.